The Morgan fingerprint density at radius 1 is 1.42 bits per heavy atom. The molecule has 0 saturated carbocycles. The summed E-state index contributed by atoms with van der Waals surface area (Å²) in [6.45, 7) is 4.48. The number of aryl methyl sites for hydroxylation is 1. The van der Waals surface area contributed by atoms with Crippen LogP contribution in [-0.4, -0.2) is 53.0 Å². The van der Waals surface area contributed by atoms with Crippen molar-refractivity contribution in [2.24, 2.45) is 0 Å². The van der Waals surface area contributed by atoms with Crippen LogP contribution >= 0.6 is 0 Å². The summed E-state index contributed by atoms with van der Waals surface area (Å²) < 4.78 is 4.77. The summed E-state index contributed by atoms with van der Waals surface area (Å²) in [5.74, 6) is -0.362. The molecule has 0 bridgehead atoms. The number of rotatable bonds is 2. The number of hydrogen-bond acceptors (Lipinski definition) is 6. The standard InChI is InChI=1S/C11H17N5O3/c1-8-14-9(15-19-8)7-13-10(17)11(18)16-5-2-3-12-4-6-16/h12H,2-7H2,1H3,(H,13,17). The van der Waals surface area contributed by atoms with Crippen molar-refractivity contribution in [2.75, 3.05) is 26.2 Å². The van der Waals surface area contributed by atoms with Crippen LogP contribution in [0, 0.1) is 6.92 Å². The van der Waals surface area contributed by atoms with E-state index in [9.17, 15) is 9.59 Å². The van der Waals surface area contributed by atoms with Crippen LogP contribution in [0.3, 0.4) is 0 Å². The highest BCUT2D eigenvalue weighted by molar-refractivity contribution is 6.34. The van der Waals surface area contributed by atoms with Crippen LogP contribution in [0.2, 0.25) is 0 Å². The molecule has 1 fully saturated rings. The molecule has 2 heterocycles. The Hall–Kier alpha value is -1.96. The molecule has 0 radical (unpaired) electrons. The van der Waals surface area contributed by atoms with E-state index in [1.165, 1.54) is 0 Å². The highest BCUT2D eigenvalue weighted by Crippen LogP contribution is 1.98. The van der Waals surface area contributed by atoms with Gasteiger partial charge in [-0.2, -0.15) is 4.98 Å². The highest BCUT2D eigenvalue weighted by Gasteiger charge is 2.22. The highest BCUT2D eigenvalue weighted by atomic mass is 16.5. The second-order valence-corrected chi connectivity index (χ2v) is 4.31. The minimum absolute atomic E-state index is 0.0913. The molecule has 1 saturated heterocycles. The molecule has 19 heavy (non-hydrogen) atoms. The molecule has 8 nitrogen and oxygen atoms in total. The molecule has 8 heteroatoms. The first-order chi connectivity index (χ1) is 9.16. The van der Waals surface area contributed by atoms with Crippen molar-refractivity contribution in [3.8, 4) is 0 Å². The average Bonchev–Trinajstić information content (AvgIpc) is 2.67. The van der Waals surface area contributed by atoms with Crippen LogP contribution in [0.15, 0.2) is 4.52 Å². The van der Waals surface area contributed by atoms with Gasteiger partial charge in [-0.25, -0.2) is 0 Å². The maximum atomic E-state index is 11.9. The molecule has 2 rings (SSSR count). The summed E-state index contributed by atoms with van der Waals surface area (Å²) in [5.41, 5.74) is 0. The predicted octanol–water partition coefficient (Wildman–Crippen LogP) is -1.18. The molecular weight excluding hydrogens is 250 g/mol. The molecule has 0 aromatic carbocycles. The summed E-state index contributed by atoms with van der Waals surface area (Å²) in [7, 11) is 0. The van der Waals surface area contributed by atoms with Gasteiger partial charge in [0, 0.05) is 26.6 Å². The maximum absolute atomic E-state index is 11.9. The first kappa shape index (κ1) is 13.5. The molecule has 1 aromatic rings. The maximum Gasteiger partial charge on any atom is 0.311 e. The van der Waals surface area contributed by atoms with E-state index in [0.29, 0.717) is 31.3 Å². The normalized spacial score (nSPS) is 15.9. The summed E-state index contributed by atoms with van der Waals surface area (Å²) in [6, 6.07) is 0. The number of carbonyl (C=O) groups is 2. The molecule has 1 aliphatic rings. The quantitative estimate of drug-likeness (QED) is 0.654. The van der Waals surface area contributed by atoms with Gasteiger partial charge in [0.1, 0.15) is 0 Å². The molecule has 0 atom stereocenters. The lowest BCUT2D eigenvalue weighted by Gasteiger charge is -2.18. The van der Waals surface area contributed by atoms with Gasteiger partial charge in [-0.15, -0.1) is 0 Å². The third-order valence-corrected chi connectivity index (χ3v) is 2.80. The summed E-state index contributed by atoms with van der Waals surface area (Å²) in [6.07, 6.45) is 0.850. The molecule has 0 aliphatic carbocycles. The minimum atomic E-state index is -0.635. The van der Waals surface area contributed by atoms with Crippen LogP contribution in [-0.2, 0) is 16.1 Å². The van der Waals surface area contributed by atoms with Gasteiger partial charge in [0.05, 0.1) is 6.54 Å². The Bertz CT molecular complexity index is 451. The zero-order valence-electron chi connectivity index (χ0n) is 10.8. The predicted molar refractivity (Wildman–Crippen MR) is 64.9 cm³/mol. The van der Waals surface area contributed by atoms with Crippen molar-refractivity contribution in [2.45, 2.75) is 19.9 Å². The Kier molecular flexibility index (Phi) is 4.45. The lowest BCUT2D eigenvalue weighted by atomic mass is 10.3. The van der Waals surface area contributed by atoms with Crippen LogP contribution in [0.1, 0.15) is 18.1 Å². The van der Waals surface area contributed by atoms with Gasteiger partial charge < -0.3 is 20.1 Å². The van der Waals surface area contributed by atoms with Crippen LogP contribution in [0.25, 0.3) is 0 Å². The van der Waals surface area contributed by atoms with Crippen molar-refractivity contribution in [1.29, 1.82) is 0 Å². The second-order valence-electron chi connectivity index (χ2n) is 4.31. The van der Waals surface area contributed by atoms with Gasteiger partial charge in [-0.3, -0.25) is 9.59 Å². The SMILES string of the molecule is Cc1nc(CNC(=O)C(=O)N2CCCNCC2)no1. The van der Waals surface area contributed by atoms with E-state index in [0.717, 1.165) is 13.0 Å². The van der Waals surface area contributed by atoms with E-state index < -0.39 is 11.8 Å². The molecular formula is C11H17N5O3. The number of aromatic nitrogens is 2. The van der Waals surface area contributed by atoms with Gasteiger partial charge in [0.2, 0.25) is 5.89 Å². The number of amides is 2. The summed E-state index contributed by atoms with van der Waals surface area (Å²) in [5, 5.41) is 9.31. The van der Waals surface area contributed by atoms with Crippen molar-refractivity contribution in [3.05, 3.63) is 11.7 Å². The number of carbonyl (C=O) groups excluding carboxylic acids is 2. The van der Waals surface area contributed by atoms with E-state index in [-0.39, 0.29) is 6.54 Å². The van der Waals surface area contributed by atoms with E-state index in [1.807, 2.05) is 0 Å². The largest absolute Gasteiger partial charge is 0.340 e. The van der Waals surface area contributed by atoms with Gasteiger partial charge in [0.25, 0.3) is 0 Å². The molecule has 0 unspecified atom stereocenters. The van der Waals surface area contributed by atoms with Gasteiger partial charge >= 0.3 is 11.8 Å². The van der Waals surface area contributed by atoms with E-state index in [1.54, 1.807) is 11.8 Å². The third kappa shape index (κ3) is 3.75. The number of nitrogens with zero attached hydrogens (tertiary/aromatic N) is 3. The summed E-state index contributed by atoms with van der Waals surface area (Å²) >= 11 is 0. The Balaban J connectivity index is 1.83. The Morgan fingerprint density at radius 3 is 3.00 bits per heavy atom. The molecule has 2 amide bonds. The van der Waals surface area contributed by atoms with Crippen LogP contribution < -0.4 is 10.6 Å². The Morgan fingerprint density at radius 2 is 2.26 bits per heavy atom. The first-order valence-electron chi connectivity index (χ1n) is 6.24. The fourth-order valence-corrected chi connectivity index (χ4v) is 1.84. The fourth-order valence-electron chi connectivity index (χ4n) is 1.84. The van der Waals surface area contributed by atoms with E-state index in [2.05, 4.69) is 20.8 Å². The van der Waals surface area contributed by atoms with E-state index in [4.69, 9.17) is 4.52 Å². The Labute approximate surface area is 110 Å². The monoisotopic (exact) mass is 267 g/mol. The van der Waals surface area contributed by atoms with Crippen LogP contribution in [0.4, 0.5) is 0 Å². The zero-order valence-corrected chi connectivity index (χ0v) is 10.8. The van der Waals surface area contributed by atoms with Crippen molar-refractivity contribution >= 4 is 11.8 Å². The molecule has 1 aliphatic heterocycles. The smallest absolute Gasteiger partial charge is 0.311 e. The fraction of sp³-hybridized carbons (Fsp3) is 0.636. The van der Waals surface area contributed by atoms with Gasteiger partial charge in [-0.1, -0.05) is 5.16 Å². The lowest BCUT2D eigenvalue weighted by Crippen LogP contribution is -2.44. The molecule has 0 spiro atoms. The number of nitrogens with one attached hydrogen (secondary N) is 2. The lowest BCUT2D eigenvalue weighted by molar-refractivity contribution is -0.145. The van der Waals surface area contributed by atoms with Crippen molar-refractivity contribution in [3.63, 3.8) is 0 Å². The molecule has 2 N–H and O–H groups in total. The first-order valence-corrected chi connectivity index (χ1v) is 6.24. The van der Waals surface area contributed by atoms with Crippen molar-refractivity contribution in [1.82, 2.24) is 25.7 Å². The zero-order chi connectivity index (χ0) is 13.7. The van der Waals surface area contributed by atoms with Crippen molar-refractivity contribution < 1.29 is 14.1 Å². The molecule has 1 aromatic heterocycles. The summed E-state index contributed by atoms with van der Waals surface area (Å²) in [4.78, 5) is 29.1. The van der Waals surface area contributed by atoms with Gasteiger partial charge in [-0.05, 0) is 13.0 Å². The second kappa shape index (κ2) is 6.28. The van der Waals surface area contributed by atoms with Crippen LogP contribution in [0.5, 0.6) is 0 Å². The molecule has 104 valence electrons. The minimum Gasteiger partial charge on any atom is -0.340 e. The topological polar surface area (TPSA) is 100 Å². The van der Waals surface area contributed by atoms with E-state index >= 15 is 0 Å². The average molecular weight is 267 g/mol. The number of hydrogen-bond donors (Lipinski definition) is 2. The van der Waals surface area contributed by atoms with Gasteiger partial charge in [0.15, 0.2) is 5.82 Å². The third-order valence-electron chi connectivity index (χ3n) is 2.80.